The number of hydrogen-bond donors (Lipinski definition) is 3. The van der Waals surface area contributed by atoms with Crippen molar-refractivity contribution in [3.8, 4) is 0 Å². The molecule has 4 N–H and O–H groups in total. The van der Waals surface area contributed by atoms with Gasteiger partial charge in [-0.3, -0.25) is 20.0 Å². The van der Waals surface area contributed by atoms with Crippen molar-refractivity contribution in [3.63, 3.8) is 0 Å². The molecule has 0 aromatic heterocycles. The molecule has 1 aliphatic heterocycles. The maximum atomic E-state index is 14.6. The van der Waals surface area contributed by atoms with E-state index in [2.05, 4.69) is 9.80 Å². The van der Waals surface area contributed by atoms with E-state index in [9.17, 15) is 18.7 Å². The molecule has 1 amide bonds. The number of nitrogens with zero attached hydrogens (tertiary/aromatic N) is 2. The Balaban J connectivity index is 1.85. The standard InChI is InChI=1S/C20H23ClF2N4O2/c21-16-9-13(3-4-17(16)22)19-12-26(7-8-28)5-6-27(19)11-15-2-1-14(10-18(15)23)20(29)25-24/h1-4,9-10,19,28H,5-8,11-12,24H2,(H,25,29). The molecule has 0 aliphatic carbocycles. The second-order valence-electron chi connectivity index (χ2n) is 6.96. The number of benzene rings is 2. The number of piperazine rings is 1. The third kappa shape index (κ3) is 5.09. The largest absolute Gasteiger partial charge is 0.395 e. The molecule has 2 aromatic carbocycles. The lowest BCUT2D eigenvalue weighted by molar-refractivity contribution is 0.0568. The number of halogens is 3. The summed E-state index contributed by atoms with van der Waals surface area (Å²) in [4.78, 5) is 15.8. The van der Waals surface area contributed by atoms with Crippen molar-refractivity contribution in [2.45, 2.75) is 12.6 Å². The summed E-state index contributed by atoms with van der Waals surface area (Å²) in [7, 11) is 0. The van der Waals surface area contributed by atoms with Gasteiger partial charge in [0.1, 0.15) is 11.6 Å². The SMILES string of the molecule is NNC(=O)c1ccc(CN2CCN(CCO)CC2c2ccc(F)c(Cl)c2)c(F)c1. The van der Waals surface area contributed by atoms with Gasteiger partial charge in [0, 0.05) is 49.9 Å². The van der Waals surface area contributed by atoms with Crippen molar-refractivity contribution in [2.24, 2.45) is 5.84 Å². The first-order chi connectivity index (χ1) is 13.9. The summed E-state index contributed by atoms with van der Waals surface area (Å²) < 4.78 is 28.2. The molecule has 0 bridgehead atoms. The highest BCUT2D eigenvalue weighted by atomic mass is 35.5. The van der Waals surface area contributed by atoms with Crippen molar-refractivity contribution < 1.29 is 18.7 Å². The molecule has 1 unspecified atom stereocenters. The van der Waals surface area contributed by atoms with Crippen LogP contribution in [0.1, 0.15) is 27.5 Å². The minimum absolute atomic E-state index is 0.0325. The second-order valence-corrected chi connectivity index (χ2v) is 7.37. The predicted molar refractivity (Wildman–Crippen MR) is 106 cm³/mol. The number of rotatable bonds is 6. The van der Waals surface area contributed by atoms with Gasteiger partial charge >= 0.3 is 0 Å². The number of hydrazine groups is 1. The predicted octanol–water partition coefficient (Wildman–Crippen LogP) is 2.07. The molecule has 1 atom stereocenters. The number of nitrogen functional groups attached to an aromatic ring is 1. The van der Waals surface area contributed by atoms with Crippen molar-refractivity contribution in [1.29, 1.82) is 0 Å². The lowest BCUT2D eigenvalue weighted by Gasteiger charge is -2.41. The Morgan fingerprint density at radius 1 is 1.21 bits per heavy atom. The Morgan fingerprint density at radius 3 is 2.66 bits per heavy atom. The van der Waals surface area contributed by atoms with Crippen LogP contribution >= 0.6 is 11.6 Å². The first-order valence-corrected chi connectivity index (χ1v) is 9.62. The molecular weight excluding hydrogens is 402 g/mol. The molecule has 29 heavy (non-hydrogen) atoms. The monoisotopic (exact) mass is 424 g/mol. The Labute approximate surface area is 172 Å². The Morgan fingerprint density at radius 2 is 2.00 bits per heavy atom. The van der Waals surface area contributed by atoms with E-state index in [0.717, 1.165) is 11.6 Å². The fourth-order valence-corrected chi connectivity index (χ4v) is 3.75. The Hall–Kier alpha value is -2.10. The molecule has 6 nitrogen and oxygen atoms in total. The number of aliphatic hydroxyl groups excluding tert-OH is 1. The summed E-state index contributed by atoms with van der Waals surface area (Å²) in [5.41, 5.74) is 3.38. The first-order valence-electron chi connectivity index (χ1n) is 9.24. The van der Waals surface area contributed by atoms with Crippen LogP contribution in [0, 0.1) is 11.6 Å². The van der Waals surface area contributed by atoms with Gasteiger partial charge in [-0.25, -0.2) is 14.6 Å². The zero-order chi connectivity index (χ0) is 21.0. The number of carbonyl (C=O) groups excluding carboxylic acids is 1. The maximum Gasteiger partial charge on any atom is 0.265 e. The van der Waals surface area contributed by atoms with Gasteiger partial charge in [-0.1, -0.05) is 23.7 Å². The van der Waals surface area contributed by atoms with Crippen LogP contribution in [0.15, 0.2) is 36.4 Å². The van der Waals surface area contributed by atoms with Gasteiger partial charge in [-0.2, -0.15) is 0 Å². The average Bonchev–Trinajstić information content (AvgIpc) is 2.72. The van der Waals surface area contributed by atoms with E-state index in [1.54, 1.807) is 18.2 Å². The van der Waals surface area contributed by atoms with Gasteiger partial charge in [-0.15, -0.1) is 0 Å². The van der Waals surface area contributed by atoms with Crippen molar-refractivity contribution in [2.75, 3.05) is 32.8 Å². The van der Waals surface area contributed by atoms with Gasteiger partial charge in [0.25, 0.3) is 5.91 Å². The lowest BCUT2D eigenvalue weighted by Crippen LogP contribution is -2.48. The van der Waals surface area contributed by atoms with E-state index in [-0.39, 0.29) is 23.2 Å². The summed E-state index contributed by atoms with van der Waals surface area (Å²) in [6.07, 6.45) is 0. The summed E-state index contributed by atoms with van der Waals surface area (Å²) in [5, 5.41) is 9.30. The molecule has 156 valence electrons. The third-order valence-electron chi connectivity index (χ3n) is 5.14. The van der Waals surface area contributed by atoms with Gasteiger partial charge in [0.05, 0.1) is 11.6 Å². The molecule has 0 spiro atoms. The molecule has 3 rings (SSSR count). The summed E-state index contributed by atoms with van der Waals surface area (Å²) in [6, 6.07) is 8.67. The van der Waals surface area contributed by atoms with Crippen LogP contribution in [0.25, 0.3) is 0 Å². The van der Waals surface area contributed by atoms with Gasteiger partial charge in [0.2, 0.25) is 0 Å². The average molecular weight is 425 g/mol. The molecule has 1 saturated heterocycles. The highest BCUT2D eigenvalue weighted by Crippen LogP contribution is 2.30. The molecule has 1 fully saturated rings. The molecule has 1 heterocycles. The summed E-state index contributed by atoms with van der Waals surface area (Å²) in [5.74, 6) is 3.54. The molecule has 9 heteroatoms. The number of aliphatic hydroxyl groups is 1. The molecule has 0 saturated carbocycles. The van der Waals surface area contributed by atoms with E-state index < -0.39 is 17.5 Å². The Kier molecular flexibility index (Phi) is 7.15. The third-order valence-corrected chi connectivity index (χ3v) is 5.43. The summed E-state index contributed by atoms with van der Waals surface area (Å²) in [6.45, 7) is 2.80. The number of β-amino-alcohol motifs (C(OH)–C–C–N with tert-alkyl or cyclic N) is 1. The van der Waals surface area contributed by atoms with Gasteiger partial charge < -0.3 is 5.11 Å². The fraction of sp³-hybridized carbons (Fsp3) is 0.350. The number of nitrogens with two attached hydrogens (primary N) is 1. The normalized spacial score (nSPS) is 18.0. The smallest absolute Gasteiger partial charge is 0.265 e. The van der Waals surface area contributed by atoms with Crippen LogP contribution in [0.2, 0.25) is 5.02 Å². The van der Waals surface area contributed by atoms with E-state index in [1.807, 2.05) is 5.43 Å². The summed E-state index contributed by atoms with van der Waals surface area (Å²) >= 11 is 5.97. The highest BCUT2D eigenvalue weighted by molar-refractivity contribution is 6.30. The van der Waals surface area contributed by atoms with E-state index >= 15 is 0 Å². The van der Waals surface area contributed by atoms with E-state index in [0.29, 0.717) is 38.3 Å². The maximum absolute atomic E-state index is 14.6. The van der Waals surface area contributed by atoms with Gasteiger partial charge in [0.15, 0.2) is 0 Å². The van der Waals surface area contributed by atoms with Crippen LogP contribution in [0.4, 0.5) is 8.78 Å². The van der Waals surface area contributed by atoms with Crippen LogP contribution in [0.5, 0.6) is 0 Å². The minimum Gasteiger partial charge on any atom is -0.395 e. The number of amides is 1. The van der Waals surface area contributed by atoms with Crippen molar-refractivity contribution >= 4 is 17.5 Å². The van der Waals surface area contributed by atoms with Crippen LogP contribution in [-0.2, 0) is 6.54 Å². The number of hydrogen-bond acceptors (Lipinski definition) is 5. The van der Waals surface area contributed by atoms with Crippen LogP contribution in [0.3, 0.4) is 0 Å². The minimum atomic E-state index is -0.563. The molecule has 1 aliphatic rings. The van der Waals surface area contributed by atoms with Crippen molar-refractivity contribution in [1.82, 2.24) is 15.2 Å². The lowest BCUT2D eigenvalue weighted by atomic mass is 10.0. The quantitative estimate of drug-likeness (QED) is 0.376. The molecular formula is C20H23ClF2N4O2. The topological polar surface area (TPSA) is 81.8 Å². The zero-order valence-corrected chi connectivity index (χ0v) is 16.5. The highest BCUT2D eigenvalue weighted by Gasteiger charge is 2.29. The first kappa shape index (κ1) is 21.6. The van der Waals surface area contributed by atoms with Crippen molar-refractivity contribution in [3.05, 3.63) is 69.7 Å². The number of carbonyl (C=O) groups is 1. The second kappa shape index (κ2) is 9.60. The molecule has 2 aromatic rings. The zero-order valence-electron chi connectivity index (χ0n) is 15.7. The van der Waals surface area contributed by atoms with Crippen LogP contribution in [-0.4, -0.2) is 53.6 Å². The fourth-order valence-electron chi connectivity index (χ4n) is 3.57. The number of nitrogens with one attached hydrogen (secondary N) is 1. The van der Waals surface area contributed by atoms with E-state index in [4.69, 9.17) is 17.4 Å². The van der Waals surface area contributed by atoms with E-state index in [1.165, 1.54) is 12.1 Å². The molecule has 0 radical (unpaired) electrons. The Bertz CT molecular complexity index is 884. The van der Waals surface area contributed by atoms with Crippen LogP contribution < -0.4 is 11.3 Å². The van der Waals surface area contributed by atoms with Gasteiger partial charge in [-0.05, 0) is 29.8 Å².